The molecule has 0 unspecified atom stereocenters. The Morgan fingerprint density at radius 2 is 1.33 bits per heavy atom. The summed E-state index contributed by atoms with van der Waals surface area (Å²) in [6, 6.07) is 15.9. The summed E-state index contributed by atoms with van der Waals surface area (Å²) in [6.45, 7) is 0. The van der Waals surface area contributed by atoms with Gasteiger partial charge in [-0.25, -0.2) is 0 Å². The van der Waals surface area contributed by atoms with Crippen molar-refractivity contribution in [2.24, 2.45) is 0 Å². The Balaban J connectivity index is 2.26. The molecule has 100 valence electrons. The second-order valence-corrected chi connectivity index (χ2v) is 5.44. The molecule has 0 spiro atoms. The van der Waals surface area contributed by atoms with Crippen molar-refractivity contribution in [3.8, 4) is 0 Å². The largest absolute Gasteiger partial charge is 0.289 e. The highest BCUT2D eigenvalue weighted by molar-refractivity contribution is 6.40. The van der Waals surface area contributed by atoms with Gasteiger partial charge in [0.15, 0.2) is 11.6 Å². The zero-order chi connectivity index (χ0) is 14.6. The summed E-state index contributed by atoms with van der Waals surface area (Å²) >= 11 is 6.26. The number of rotatable bonds is 0. The van der Waals surface area contributed by atoms with Crippen LogP contribution in [0.2, 0.25) is 5.02 Å². The fourth-order valence-corrected chi connectivity index (χ4v) is 3.17. The van der Waals surface area contributed by atoms with Crippen molar-refractivity contribution < 1.29 is 9.59 Å². The lowest BCUT2D eigenvalue weighted by Gasteiger charge is -2.08. The molecule has 0 aromatic heterocycles. The van der Waals surface area contributed by atoms with Crippen LogP contribution in [0.15, 0.2) is 54.6 Å². The smallest absolute Gasteiger partial charge is 0.195 e. The van der Waals surface area contributed by atoms with E-state index in [0.29, 0.717) is 32.7 Å². The third kappa shape index (κ3) is 1.60. The van der Waals surface area contributed by atoms with Crippen LogP contribution in [0, 0.1) is 0 Å². The van der Waals surface area contributed by atoms with E-state index in [-0.39, 0.29) is 11.6 Å². The Labute approximate surface area is 126 Å². The first-order valence-corrected chi connectivity index (χ1v) is 6.96. The number of carbonyl (C=O) groups is 2. The summed E-state index contributed by atoms with van der Waals surface area (Å²) in [7, 11) is 0. The molecule has 0 N–H and O–H groups in total. The molecule has 0 fully saturated rings. The van der Waals surface area contributed by atoms with Crippen molar-refractivity contribution in [1.82, 2.24) is 0 Å². The van der Waals surface area contributed by atoms with Crippen molar-refractivity contribution in [2.45, 2.75) is 0 Å². The van der Waals surface area contributed by atoms with Crippen LogP contribution in [-0.2, 0) is 0 Å². The van der Waals surface area contributed by atoms with Crippen LogP contribution in [0.5, 0.6) is 0 Å². The van der Waals surface area contributed by atoms with Crippen molar-refractivity contribution >= 4 is 33.9 Å². The van der Waals surface area contributed by atoms with E-state index >= 15 is 0 Å². The van der Waals surface area contributed by atoms with Gasteiger partial charge in [-0.05, 0) is 11.5 Å². The first-order valence-electron chi connectivity index (χ1n) is 6.58. The normalized spacial score (nSPS) is 13.2. The standard InChI is InChI=1S/C18H9ClO2/c19-14-9-8-10-4-3-7-13-15(10)16(14)18(21)12-6-2-1-5-11(12)17(13)20/h1-9H. The Morgan fingerprint density at radius 1 is 0.667 bits per heavy atom. The first kappa shape index (κ1) is 12.3. The maximum absolute atomic E-state index is 12.8. The number of halogens is 1. The molecule has 0 saturated heterocycles. The molecule has 0 atom stereocenters. The van der Waals surface area contributed by atoms with E-state index in [2.05, 4.69) is 0 Å². The topological polar surface area (TPSA) is 34.1 Å². The average molecular weight is 293 g/mol. The SMILES string of the molecule is O=C1c2ccccc2C(=O)c2c(Cl)ccc3cccc1c23. The molecule has 1 aliphatic carbocycles. The monoisotopic (exact) mass is 292 g/mol. The molecule has 0 radical (unpaired) electrons. The number of benzene rings is 3. The number of hydrogen-bond acceptors (Lipinski definition) is 2. The number of hydrogen-bond donors (Lipinski definition) is 0. The predicted molar refractivity (Wildman–Crippen MR) is 82.3 cm³/mol. The first-order chi connectivity index (χ1) is 10.2. The van der Waals surface area contributed by atoms with Gasteiger partial charge < -0.3 is 0 Å². The molecule has 21 heavy (non-hydrogen) atoms. The van der Waals surface area contributed by atoms with Gasteiger partial charge in [-0.3, -0.25) is 9.59 Å². The van der Waals surface area contributed by atoms with Gasteiger partial charge >= 0.3 is 0 Å². The third-order valence-electron chi connectivity index (χ3n) is 3.88. The van der Waals surface area contributed by atoms with E-state index in [0.717, 1.165) is 5.39 Å². The van der Waals surface area contributed by atoms with Gasteiger partial charge in [0.05, 0.1) is 5.02 Å². The van der Waals surface area contributed by atoms with E-state index in [4.69, 9.17) is 11.6 Å². The maximum Gasteiger partial charge on any atom is 0.195 e. The van der Waals surface area contributed by atoms with Gasteiger partial charge in [-0.1, -0.05) is 60.1 Å². The minimum atomic E-state index is -0.195. The van der Waals surface area contributed by atoms with Crippen LogP contribution in [0.3, 0.4) is 0 Å². The van der Waals surface area contributed by atoms with Crippen molar-refractivity contribution in [3.05, 3.63) is 81.9 Å². The second-order valence-electron chi connectivity index (χ2n) is 5.03. The number of carbonyl (C=O) groups excluding carboxylic acids is 2. The van der Waals surface area contributed by atoms with Gasteiger partial charge in [-0.15, -0.1) is 0 Å². The summed E-state index contributed by atoms with van der Waals surface area (Å²) in [4.78, 5) is 25.6. The van der Waals surface area contributed by atoms with E-state index in [1.54, 1.807) is 36.4 Å². The van der Waals surface area contributed by atoms with Crippen LogP contribution in [0.1, 0.15) is 31.8 Å². The van der Waals surface area contributed by atoms with Crippen LogP contribution >= 0.6 is 11.6 Å². The van der Waals surface area contributed by atoms with Crippen molar-refractivity contribution in [1.29, 1.82) is 0 Å². The molecule has 3 heteroatoms. The Morgan fingerprint density at radius 3 is 2.10 bits per heavy atom. The quantitative estimate of drug-likeness (QED) is 0.485. The Bertz CT molecular complexity index is 941. The van der Waals surface area contributed by atoms with Crippen LogP contribution in [-0.4, -0.2) is 11.6 Å². The molecule has 0 aliphatic heterocycles. The molecule has 2 nitrogen and oxygen atoms in total. The zero-order valence-electron chi connectivity index (χ0n) is 10.9. The van der Waals surface area contributed by atoms with Gasteiger partial charge in [0.25, 0.3) is 0 Å². The van der Waals surface area contributed by atoms with Gasteiger partial charge in [-0.2, -0.15) is 0 Å². The Kier molecular flexibility index (Phi) is 2.50. The van der Waals surface area contributed by atoms with Gasteiger partial charge in [0.1, 0.15) is 0 Å². The molecule has 0 heterocycles. The number of ketones is 2. The lowest BCUT2D eigenvalue weighted by Crippen LogP contribution is -2.06. The van der Waals surface area contributed by atoms with Crippen LogP contribution < -0.4 is 0 Å². The van der Waals surface area contributed by atoms with Crippen molar-refractivity contribution in [3.63, 3.8) is 0 Å². The van der Waals surface area contributed by atoms with E-state index < -0.39 is 0 Å². The van der Waals surface area contributed by atoms with Crippen LogP contribution in [0.25, 0.3) is 10.8 Å². The molecular formula is C18H9ClO2. The Hall–Kier alpha value is -2.45. The molecule has 1 aliphatic rings. The zero-order valence-corrected chi connectivity index (χ0v) is 11.6. The summed E-state index contributed by atoms with van der Waals surface area (Å²) in [5, 5.41) is 1.88. The minimum absolute atomic E-state index is 0.134. The van der Waals surface area contributed by atoms with Gasteiger partial charge in [0.2, 0.25) is 0 Å². The summed E-state index contributed by atoms with van der Waals surface area (Å²) in [5.41, 5.74) is 1.79. The molecule has 4 rings (SSSR count). The third-order valence-corrected chi connectivity index (χ3v) is 4.20. The van der Waals surface area contributed by atoms with E-state index in [9.17, 15) is 9.59 Å². The molecule has 3 aromatic carbocycles. The fraction of sp³-hybridized carbons (Fsp3) is 0. The second kappa shape index (κ2) is 4.27. The molecule has 0 amide bonds. The van der Waals surface area contributed by atoms with Crippen LogP contribution in [0.4, 0.5) is 0 Å². The maximum atomic E-state index is 12.8. The summed E-state index contributed by atoms with van der Waals surface area (Å²) < 4.78 is 0. The van der Waals surface area contributed by atoms with E-state index in [1.807, 2.05) is 18.2 Å². The van der Waals surface area contributed by atoms with Crippen molar-refractivity contribution in [2.75, 3.05) is 0 Å². The lowest BCUT2D eigenvalue weighted by molar-refractivity contribution is 0.101. The van der Waals surface area contributed by atoms with E-state index in [1.165, 1.54) is 0 Å². The fourth-order valence-electron chi connectivity index (χ4n) is 2.92. The minimum Gasteiger partial charge on any atom is -0.289 e. The summed E-state index contributed by atoms with van der Waals surface area (Å²) in [6.07, 6.45) is 0. The molecule has 3 aromatic rings. The van der Waals surface area contributed by atoms with Gasteiger partial charge in [0, 0.05) is 27.6 Å². The average Bonchev–Trinajstić information content (AvgIpc) is 2.61. The molecular weight excluding hydrogens is 284 g/mol. The highest BCUT2D eigenvalue weighted by Gasteiger charge is 2.28. The molecule has 0 saturated carbocycles. The lowest BCUT2D eigenvalue weighted by atomic mass is 9.96. The highest BCUT2D eigenvalue weighted by Crippen LogP contribution is 2.35. The predicted octanol–water partition coefficient (Wildman–Crippen LogP) is 4.27. The summed E-state index contributed by atoms with van der Waals surface area (Å²) in [5.74, 6) is -0.329. The molecule has 0 bridgehead atoms. The number of fused-ring (bicyclic) bond motifs is 1. The highest BCUT2D eigenvalue weighted by atomic mass is 35.5.